The molecule has 0 aromatic carbocycles. The van der Waals surface area contributed by atoms with Crippen molar-refractivity contribution in [3.63, 3.8) is 0 Å². The zero-order chi connectivity index (χ0) is 18.4. The molecule has 3 heteroatoms. The van der Waals surface area contributed by atoms with Crippen LogP contribution in [0.5, 0.6) is 0 Å². The van der Waals surface area contributed by atoms with Gasteiger partial charge in [0.2, 0.25) is 0 Å². The van der Waals surface area contributed by atoms with Crippen LogP contribution in [0.25, 0.3) is 0 Å². The van der Waals surface area contributed by atoms with Crippen LogP contribution in [0.3, 0.4) is 0 Å². The topological polar surface area (TPSA) is 46.5 Å². The molecule has 0 aromatic heterocycles. The molecule has 0 saturated carbocycles. The summed E-state index contributed by atoms with van der Waals surface area (Å²) in [5, 5.41) is 8.53. The summed E-state index contributed by atoms with van der Waals surface area (Å²) >= 11 is 0. The minimum Gasteiger partial charge on any atom is -0.463 e. The maximum Gasteiger partial charge on any atom is 0.305 e. The van der Waals surface area contributed by atoms with E-state index in [0.29, 0.717) is 6.42 Å². The molecule has 0 heterocycles. The van der Waals surface area contributed by atoms with E-state index in [1.165, 1.54) is 25.7 Å². The summed E-state index contributed by atoms with van der Waals surface area (Å²) in [6, 6.07) is 0. The van der Waals surface area contributed by atoms with Crippen molar-refractivity contribution in [2.45, 2.75) is 71.1 Å². The number of unbranched alkanes of at least 4 members (excludes halogenated alkanes) is 4. The predicted octanol–water partition coefficient (Wildman–Crippen LogP) is 5.67. The third-order valence-electron chi connectivity index (χ3n) is 3.56. The van der Waals surface area contributed by atoms with Crippen LogP contribution in [-0.2, 0) is 9.53 Å². The molecule has 0 unspecified atom stereocenters. The molecule has 0 aliphatic carbocycles. The summed E-state index contributed by atoms with van der Waals surface area (Å²) < 4.78 is 4.79. The van der Waals surface area contributed by atoms with Crippen molar-refractivity contribution in [2.24, 2.45) is 0 Å². The first-order valence-electron chi connectivity index (χ1n) is 9.67. The SMILES string of the molecule is CCCCC/C=C\C/C=C\C/C=C\C/C=C\CCCC(=O)OCCO. The fraction of sp³-hybridized carbons (Fsp3) is 0.591. The summed E-state index contributed by atoms with van der Waals surface area (Å²) in [7, 11) is 0. The first-order valence-corrected chi connectivity index (χ1v) is 9.67. The van der Waals surface area contributed by atoms with E-state index < -0.39 is 0 Å². The standard InChI is InChI=1S/C22H36O3/c1-2-3-4-5-6-7-8-9-10-11-12-13-14-15-16-17-18-19-22(24)25-21-20-23/h6-7,9-10,12-13,15-16,23H,2-5,8,11,14,17-21H2,1H3/b7-6-,10-9-,13-12-,16-15-. The molecule has 0 atom stereocenters. The average molecular weight is 349 g/mol. The lowest BCUT2D eigenvalue weighted by molar-refractivity contribution is -0.144. The van der Waals surface area contributed by atoms with Gasteiger partial charge >= 0.3 is 5.97 Å². The van der Waals surface area contributed by atoms with E-state index in [9.17, 15) is 4.79 Å². The Bertz CT molecular complexity index is 405. The highest BCUT2D eigenvalue weighted by Gasteiger charge is 1.99. The Morgan fingerprint density at radius 2 is 1.32 bits per heavy atom. The van der Waals surface area contributed by atoms with Crippen LogP contribution in [0.15, 0.2) is 48.6 Å². The van der Waals surface area contributed by atoms with Crippen LogP contribution >= 0.6 is 0 Å². The first kappa shape index (κ1) is 23.4. The van der Waals surface area contributed by atoms with Crippen LogP contribution in [0.2, 0.25) is 0 Å². The number of rotatable bonds is 16. The minimum absolute atomic E-state index is 0.100. The van der Waals surface area contributed by atoms with Crippen LogP contribution in [0.1, 0.15) is 71.1 Å². The van der Waals surface area contributed by atoms with Crippen LogP contribution in [0.4, 0.5) is 0 Å². The van der Waals surface area contributed by atoms with E-state index in [1.807, 2.05) is 0 Å². The largest absolute Gasteiger partial charge is 0.463 e. The molecule has 0 aliphatic heterocycles. The summed E-state index contributed by atoms with van der Waals surface area (Å²) in [5.41, 5.74) is 0. The second kappa shape index (κ2) is 20.4. The van der Waals surface area contributed by atoms with Crippen molar-refractivity contribution in [3.05, 3.63) is 48.6 Å². The highest BCUT2D eigenvalue weighted by atomic mass is 16.5. The van der Waals surface area contributed by atoms with Crippen LogP contribution in [0, 0.1) is 0 Å². The number of aliphatic hydroxyl groups is 1. The first-order chi connectivity index (χ1) is 12.3. The lowest BCUT2D eigenvalue weighted by Crippen LogP contribution is -2.07. The summed E-state index contributed by atoms with van der Waals surface area (Å²) in [5.74, 6) is -0.232. The van der Waals surface area contributed by atoms with Gasteiger partial charge in [-0.1, -0.05) is 68.4 Å². The molecule has 0 spiro atoms. The molecule has 0 saturated heterocycles. The van der Waals surface area contributed by atoms with Crippen LogP contribution < -0.4 is 0 Å². The van der Waals surface area contributed by atoms with Gasteiger partial charge in [0.1, 0.15) is 6.61 Å². The Hall–Kier alpha value is -1.61. The van der Waals surface area contributed by atoms with Gasteiger partial charge in [-0.2, -0.15) is 0 Å². The molecule has 0 rings (SSSR count). The van der Waals surface area contributed by atoms with Gasteiger partial charge in [0.25, 0.3) is 0 Å². The van der Waals surface area contributed by atoms with Crippen molar-refractivity contribution in [3.8, 4) is 0 Å². The van der Waals surface area contributed by atoms with E-state index in [1.54, 1.807) is 0 Å². The van der Waals surface area contributed by atoms with Crippen molar-refractivity contribution in [1.29, 1.82) is 0 Å². The van der Waals surface area contributed by atoms with Crippen molar-refractivity contribution < 1.29 is 14.6 Å². The van der Waals surface area contributed by atoms with Crippen LogP contribution in [-0.4, -0.2) is 24.3 Å². The molecular formula is C22H36O3. The number of carbonyl (C=O) groups is 1. The lowest BCUT2D eigenvalue weighted by atomic mass is 10.2. The third kappa shape index (κ3) is 20.3. The highest BCUT2D eigenvalue weighted by molar-refractivity contribution is 5.69. The molecule has 0 aromatic rings. The monoisotopic (exact) mass is 348 g/mol. The molecule has 1 N–H and O–H groups in total. The minimum atomic E-state index is -0.232. The highest BCUT2D eigenvalue weighted by Crippen LogP contribution is 2.02. The molecule has 0 radical (unpaired) electrons. The normalized spacial score (nSPS) is 12.2. The van der Waals surface area contributed by atoms with Gasteiger partial charge in [0, 0.05) is 6.42 Å². The Labute approximate surface area is 154 Å². The smallest absolute Gasteiger partial charge is 0.305 e. The maximum absolute atomic E-state index is 11.2. The van der Waals surface area contributed by atoms with E-state index >= 15 is 0 Å². The van der Waals surface area contributed by atoms with Gasteiger partial charge in [0.15, 0.2) is 0 Å². The number of esters is 1. The van der Waals surface area contributed by atoms with Gasteiger partial charge in [-0.25, -0.2) is 0 Å². The van der Waals surface area contributed by atoms with Crippen molar-refractivity contribution in [2.75, 3.05) is 13.2 Å². The number of hydrogen-bond donors (Lipinski definition) is 1. The quantitative estimate of drug-likeness (QED) is 0.222. The Kier molecular flexibility index (Phi) is 19.1. The van der Waals surface area contributed by atoms with E-state index in [2.05, 4.69) is 55.5 Å². The molecule has 0 fully saturated rings. The van der Waals surface area contributed by atoms with E-state index in [0.717, 1.165) is 32.1 Å². The zero-order valence-corrected chi connectivity index (χ0v) is 15.9. The lowest BCUT2D eigenvalue weighted by Gasteiger charge is -2.00. The summed E-state index contributed by atoms with van der Waals surface area (Å²) in [6.45, 7) is 2.22. The number of carbonyl (C=O) groups excluding carboxylic acids is 1. The summed E-state index contributed by atoms with van der Waals surface area (Å²) in [4.78, 5) is 11.2. The fourth-order valence-electron chi connectivity index (χ4n) is 2.16. The zero-order valence-electron chi connectivity index (χ0n) is 15.9. The van der Waals surface area contributed by atoms with Crippen molar-refractivity contribution in [1.82, 2.24) is 0 Å². The van der Waals surface area contributed by atoms with E-state index in [4.69, 9.17) is 9.84 Å². The maximum atomic E-state index is 11.2. The number of aliphatic hydroxyl groups excluding tert-OH is 1. The van der Waals surface area contributed by atoms with Gasteiger partial charge in [-0.05, 0) is 44.9 Å². The second-order valence-corrected chi connectivity index (χ2v) is 5.92. The van der Waals surface area contributed by atoms with Gasteiger partial charge in [0.05, 0.1) is 6.61 Å². The Balaban J connectivity index is 3.44. The van der Waals surface area contributed by atoms with Gasteiger partial charge in [-0.15, -0.1) is 0 Å². The third-order valence-corrected chi connectivity index (χ3v) is 3.56. The molecular weight excluding hydrogens is 312 g/mol. The summed E-state index contributed by atoms with van der Waals surface area (Å²) in [6.07, 6.45) is 27.7. The number of allylic oxidation sites excluding steroid dienone is 8. The second-order valence-electron chi connectivity index (χ2n) is 5.92. The molecule has 3 nitrogen and oxygen atoms in total. The molecule has 0 bridgehead atoms. The predicted molar refractivity (Wildman–Crippen MR) is 106 cm³/mol. The fourth-order valence-corrected chi connectivity index (χ4v) is 2.16. The van der Waals surface area contributed by atoms with Gasteiger partial charge in [-0.3, -0.25) is 4.79 Å². The molecule has 142 valence electrons. The average Bonchev–Trinajstić information content (AvgIpc) is 2.62. The van der Waals surface area contributed by atoms with Gasteiger partial charge < -0.3 is 9.84 Å². The molecule has 0 aliphatic rings. The molecule has 0 amide bonds. The Morgan fingerprint density at radius 3 is 1.84 bits per heavy atom. The molecule has 25 heavy (non-hydrogen) atoms. The number of ether oxygens (including phenoxy) is 1. The number of hydrogen-bond acceptors (Lipinski definition) is 3. The van der Waals surface area contributed by atoms with Crippen molar-refractivity contribution >= 4 is 5.97 Å². The van der Waals surface area contributed by atoms with E-state index in [-0.39, 0.29) is 19.2 Å². The Morgan fingerprint density at radius 1 is 0.800 bits per heavy atom.